The van der Waals surface area contributed by atoms with Gasteiger partial charge in [-0.1, -0.05) is 0 Å². The minimum absolute atomic E-state index is 0.0370. The molecule has 0 radical (unpaired) electrons. The van der Waals surface area contributed by atoms with E-state index in [1.165, 1.54) is 6.92 Å². The summed E-state index contributed by atoms with van der Waals surface area (Å²) in [6.45, 7) is 2.10. The first-order valence-electron chi connectivity index (χ1n) is 6.30. The summed E-state index contributed by atoms with van der Waals surface area (Å²) in [4.78, 5) is 29.5. The zero-order valence-corrected chi connectivity index (χ0v) is 12.6. The van der Waals surface area contributed by atoms with Crippen molar-refractivity contribution in [2.75, 3.05) is 13.6 Å². The Morgan fingerprint density at radius 1 is 1.45 bits per heavy atom. The van der Waals surface area contributed by atoms with Gasteiger partial charge in [0.2, 0.25) is 0 Å². The highest BCUT2D eigenvalue weighted by Crippen LogP contribution is 2.11. The number of carbonyl (C=O) groups is 2. The normalized spacial score (nSPS) is 10.6. The van der Waals surface area contributed by atoms with Crippen LogP contribution in [0.4, 0.5) is 0 Å². The molecule has 0 N–H and O–H groups in total. The number of Topliss-reactive ketones (excluding diaryl/α,β-unsaturated/α-hetero) is 1. The summed E-state index contributed by atoms with van der Waals surface area (Å²) in [7, 11) is 3.53. The SMILES string of the molecule is CC(=O)c1cc(C(=O)N(C)CCc2nccs2)n(C)c1. The molecule has 0 saturated heterocycles. The first-order valence-corrected chi connectivity index (χ1v) is 7.18. The number of rotatable bonds is 5. The van der Waals surface area contributed by atoms with Crippen molar-refractivity contribution in [3.05, 3.63) is 40.1 Å². The predicted molar refractivity (Wildman–Crippen MR) is 78.2 cm³/mol. The summed E-state index contributed by atoms with van der Waals surface area (Å²) in [5.41, 5.74) is 1.08. The Bertz CT molecular complexity index is 616. The summed E-state index contributed by atoms with van der Waals surface area (Å²) >= 11 is 1.58. The third-order valence-electron chi connectivity index (χ3n) is 3.12. The van der Waals surface area contributed by atoms with Gasteiger partial charge in [-0.2, -0.15) is 0 Å². The standard InChI is InChI=1S/C14H17N3O2S/c1-10(18)11-8-12(17(3)9-11)14(19)16(2)6-4-13-15-5-7-20-13/h5,7-9H,4,6H2,1-3H3. The van der Waals surface area contributed by atoms with Crippen molar-refractivity contribution in [1.29, 1.82) is 0 Å². The fourth-order valence-electron chi connectivity index (χ4n) is 1.91. The number of hydrogen-bond donors (Lipinski definition) is 0. The van der Waals surface area contributed by atoms with Crippen LogP contribution in [0.15, 0.2) is 23.8 Å². The van der Waals surface area contributed by atoms with Crippen LogP contribution in [0.1, 0.15) is 32.8 Å². The largest absolute Gasteiger partial charge is 0.346 e. The summed E-state index contributed by atoms with van der Waals surface area (Å²) in [6.07, 6.45) is 4.19. The second-order valence-corrected chi connectivity index (χ2v) is 5.66. The summed E-state index contributed by atoms with van der Waals surface area (Å²) in [5.74, 6) is -0.123. The topological polar surface area (TPSA) is 55.2 Å². The quantitative estimate of drug-likeness (QED) is 0.792. The summed E-state index contributed by atoms with van der Waals surface area (Å²) in [5, 5.41) is 2.94. The van der Waals surface area contributed by atoms with Gasteiger partial charge in [0, 0.05) is 50.4 Å². The molecule has 0 aliphatic rings. The van der Waals surface area contributed by atoms with Crippen molar-refractivity contribution in [2.24, 2.45) is 7.05 Å². The van der Waals surface area contributed by atoms with Crippen LogP contribution in [0.25, 0.3) is 0 Å². The third-order valence-corrected chi connectivity index (χ3v) is 3.96. The Labute approximate surface area is 121 Å². The van der Waals surface area contributed by atoms with E-state index in [4.69, 9.17) is 0 Å². The van der Waals surface area contributed by atoms with Gasteiger partial charge in [-0.05, 0) is 13.0 Å². The van der Waals surface area contributed by atoms with Crippen LogP contribution in [0.3, 0.4) is 0 Å². The van der Waals surface area contributed by atoms with E-state index in [0.717, 1.165) is 11.4 Å². The molecule has 5 nitrogen and oxygen atoms in total. The van der Waals surface area contributed by atoms with Crippen LogP contribution in [0.2, 0.25) is 0 Å². The fourth-order valence-corrected chi connectivity index (χ4v) is 2.52. The average molecular weight is 291 g/mol. The molecule has 0 fully saturated rings. The molecule has 2 aromatic rings. The van der Waals surface area contributed by atoms with Gasteiger partial charge in [-0.25, -0.2) is 4.98 Å². The van der Waals surface area contributed by atoms with E-state index < -0.39 is 0 Å². The number of likely N-dealkylation sites (N-methyl/N-ethyl adjacent to an activating group) is 1. The maximum atomic E-state index is 12.3. The van der Waals surface area contributed by atoms with Gasteiger partial charge in [0.25, 0.3) is 5.91 Å². The molecule has 0 aromatic carbocycles. The Kier molecular flexibility index (Phi) is 4.34. The molecule has 0 spiro atoms. The summed E-state index contributed by atoms with van der Waals surface area (Å²) in [6, 6.07) is 1.64. The maximum absolute atomic E-state index is 12.3. The molecular weight excluding hydrogens is 274 g/mol. The molecule has 0 saturated carbocycles. The molecule has 1 amide bonds. The lowest BCUT2D eigenvalue weighted by atomic mass is 10.2. The molecule has 0 unspecified atom stereocenters. The first-order chi connectivity index (χ1) is 9.49. The number of nitrogens with zero attached hydrogens (tertiary/aromatic N) is 3. The molecule has 0 atom stereocenters. The Hall–Kier alpha value is -1.95. The Balaban J connectivity index is 2.04. The van der Waals surface area contributed by atoms with Crippen molar-refractivity contribution in [3.8, 4) is 0 Å². The summed E-state index contributed by atoms with van der Waals surface area (Å²) < 4.78 is 1.69. The van der Waals surface area contributed by atoms with Gasteiger partial charge < -0.3 is 9.47 Å². The van der Waals surface area contributed by atoms with Gasteiger partial charge in [0.15, 0.2) is 5.78 Å². The fraction of sp³-hybridized carbons (Fsp3) is 0.357. The van der Waals surface area contributed by atoms with E-state index in [9.17, 15) is 9.59 Å². The smallest absolute Gasteiger partial charge is 0.270 e. The number of amides is 1. The number of thiazole rings is 1. The molecule has 0 aliphatic carbocycles. The predicted octanol–water partition coefficient (Wildman–Crippen LogP) is 2.00. The van der Waals surface area contributed by atoms with Crippen LogP contribution in [0, 0.1) is 0 Å². The van der Waals surface area contributed by atoms with Crippen molar-refractivity contribution in [1.82, 2.24) is 14.5 Å². The van der Waals surface area contributed by atoms with E-state index in [1.54, 1.807) is 53.4 Å². The van der Waals surface area contributed by atoms with Gasteiger partial charge in [-0.15, -0.1) is 11.3 Å². The number of hydrogen-bond acceptors (Lipinski definition) is 4. The molecule has 2 rings (SSSR count). The van der Waals surface area contributed by atoms with Crippen molar-refractivity contribution in [2.45, 2.75) is 13.3 Å². The molecule has 2 aromatic heterocycles. The van der Waals surface area contributed by atoms with Gasteiger partial charge in [0.1, 0.15) is 5.69 Å². The lowest BCUT2D eigenvalue weighted by Gasteiger charge is -2.16. The van der Waals surface area contributed by atoms with Gasteiger partial charge in [-0.3, -0.25) is 9.59 Å². The zero-order chi connectivity index (χ0) is 14.7. The monoisotopic (exact) mass is 291 g/mol. The van der Waals surface area contributed by atoms with E-state index in [-0.39, 0.29) is 11.7 Å². The van der Waals surface area contributed by atoms with E-state index in [2.05, 4.69) is 4.98 Å². The zero-order valence-electron chi connectivity index (χ0n) is 11.8. The van der Waals surface area contributed by atoms with Crippen molar-refractivity contribution in [3.63, 3.8) is 0 Å². The third kappa shape index (κ3) is 3.14. The second-order valence-electron chi connectivity index (χ2n) is 4.68. The molecule has 106 valence electrons. The highest BCUT2D eigenvalue weighted by molar-refractivity contribution is 7.09. The van der Waals surface area contributed by atoms with Crippen LogP contribution in [-0.2, 0) is 13.5 Å². The maximum Gasteiger partial charge on any atom is 0.270 e. The van der Waals surface area contributed by atoms with E-state index >= 15 is 0 Å². The second kappa shape index (κ2) is 6.00. The lowest BCUT2D eigenvalue weighted by molar-refractivity contribution is 0.0787. The number of carbonyl (C=O) groups excluding carboxylic acids is 2. The minimum atomic E-state index is -0.0865. The number of aromatic nitrogens is 2. The molecular formula is C14H17N3O2S. The van der Waals surface area contributed by atoms with Crippen LogP contribution in [0.5, 0.6) is 0 Å². The van der Waals surface area contributed by atoms with Gasteiger partial charge >= 0.3 is 0 Å². The van der Waals surface area contributed by atoms with Gasteiger partial charge in [0.05, 0.1) is 5.01 Å². The molecule has 0 bridgehead atoms. The van der Waals surface area contributed by atoms with E-state index in [0.29, 0.717) is 17.8 Å². The van der Waals surface area contributed by atoms with Crippen molar-refractivity contribution >= 4 is 23.0 Å². The molecule has 6 heteroatoms. The van der Waals surface area contributed by atoms with Crippen LogP contribution < -0.4 is 0 Å². The molecule has 2 heterocycles. The van der Waals surface area contributed by atoms with E-state index in [1.807, 2.05) is 5.38 Å². The molecule has 20 heavy (non-hydrogen) atoms. The average Bonchev–Trinajstić information content (AvgIpc) is 3.04. The molecule has 0 aliphatic heterocycles. The Morgan fingerprint density at radius 3 is 2.75 bits per heavy atom. The number of aryl methyl sites for hydroxylation is 1. The highest BCUT2D eigenvalue weighted by atomic mass is 32.1. The van der Waals surface area contributed by atoms with Crippen LogP contribution >= 0.6 is 11.3 Å². The lowest BCUT2D eigenvalue weighted by Crippen LogP contribution is -2.30. The van der Waals surface area contributed by atoms with Crippen LogP contribution in [-0.4, -0.2) is 39.7 Å². The minimum Gasteiger partial charge on any atom is -0.346 e. The Morgan fingerprint density at radius 2 is 2.20 bits per heavy atom. The first kappa shape index (κ1) is 14.5. The number of ketones is 1. The highest BCUT2D eigenvalue weighted by Gasteiger charge is 2.17. The van der Waals surface area contributed by atoms with Crippen molar-refractivity contribution < 1.29 is 9.59 Å².